The highest BCUT2D eigenvalue weighted by Crippen LogP contribution is 2.36. The second-order valence-corrected chi connectivity index (χ2v) is 6.64. The van der Waals surface area contributed by atoms with E-state index in [1.165, 1.54) is 12.3 Å². The van der Waals surface area contributed by atoms with Crippen molar-refractivity contribution in [2.75, 3.05) is 0 Å². The fourth-order valence-corrected chi connectivity index (χ4v) is 3.10. The second kappa shape index (κ2) is 7.89. The van der Waals surface area contributed by atoms with Crippen LogP contribution in [-0.4, -0.2) is 19.7 Å². The molecule has 0 bridgehead atoms. The van der Waals surface area contributed by atoms with Gasteiger partial charge in [-0.1, -0.05) is 0 Å². The van der Waals surface area contributed by atoms with Crippen molar-refractivity contribution in [1.82, 2.24) is 19.7 Å². The Bertz CT molecular complexity index is 1440. The largest absolute Gasteiger partial charge is 0.451 e. The lowest BCUT2D eigenvalue weighted by Gasteiger charge is -2.15. The monoisotopic (exact) mass is 436 g/mol. The summed E-state index contributed by atoms with van der Waals surface area (Å²) in [7, 11) is 0. The van der Waals surface area contributed by atoms with Crippen LogP contribution in [0, 0.1) is 22.7 Å². The summed E-state index contributed by atoms with van der Waals surface area (Å²) >= 11 is 0. The Morgan fingerprint density at radius 3 is 2.50 bits per heavy atom. The summed E-state index contributed by atoms with van der Waals surface area (Å²) in [5, 5.41) is 25.5. The number of hydrogen-bond donors (Lipinski definition) is 1. The number of hydrogen-bond acceptors (Lipinski definition) is 6. The SMILES string of the molecule is N#Cc1cc(C#N)cc(Oc2c(C(F)(F)F)ccn(Cc3[nH]nc4ncccc34)c2=O)c1. The zero-order valence-corrected chi connectivity index (χ0v) is 16.0. The van der Waals surface area contributed by atoms with E-state index in [0.717, 1.165) is 29.0 Å². The first-order chi connectivity index (χ1) is 15.3. The number of nitrogens with zero attached hydrogens (tertiary/aromatic N) is 5. The Labute approximate surface area is 177 Å². The van der Waals surface area contributed by atoms with Gasteiger partial charge in [-0.2, -0.15) is 28.8 Å². The molecule has 0 saturated heterocycles. The van der Waals surface area contributed by atoms with Gasteiger partial charge in [-0.3, -0.25) is 9.89 Å². The first-order valence-electron chi connectivity index (χ1n) is 9.02. The van der Waals surface area contributed by atoms with Gasteiger partial charge in [0, 0.05) is 17.8 Å². The Hall–Kier alpha value is -4.64. The van der Waals surface area contributed by atoms with Gasteiger partial charge in [-0.05, 0) is 36.4 Å². The van der Waals surface area contributed by atoms with Gasteiger partial charge < -0.3 is 9.30 Å². The normalized spacial score (nSPS) is 11.2. The summed E-state index contributed by atoms with van der Waals surface area (Å²) in [6, 6.07) is 11.2. The zero-order valence-electron chi connectivity index (χ0n) is 16.0. The molecule has 1 N–H and O–H groups in total. The van der Waals surface area contributed by atoms with Crippen LogP contribution in [0.1, 0.15) is 22.4 Å². The van der Waals surface area contributed by atoms with Gasteiger partial charge in [0.25, 0.3) is 5.56 Å². The number of nitrogens with one attached hydrogen (secondary N) is 1. The van der Waals surface area contributed by atoms with Crippen LogP contribution in [0.4, 0.5) is 13.2 Å². The third-order valence-corrected chi connectivity index (χ3v) is 4.55. The molecule has 0 aliphatic rings. The van der Waals surface area contributed by atoms with Crippen LogP contribution in [0.2, 0.25) is 0 Å². The summed E-state index contributed by atoms with van der Waals surface area (Å²) in [5.74, 6) is -1.21. The maximum atomic E-state index is 13.6. The minimum absolute atomic E-state index is 0.000273. The molecule has 3 aromatic heterocycles. The lowest BCUT2D eigenvalue weighted by molar-refractivity contribution is -0.138. The summed E-state index contributed by atoms with van der Waals surface area (Å²) in [6.45, 7) is -0.114. The fraction of sp³-hybridized carbons (Fsp3) is 0.0952. The van der Waals surface area contributed by atoms with E-state index in [9.17, 15) is 18.0 Å². The predicted molar refractivity (Wildman–Crippen MR) is 105 cm³/mol. The molecule has 0 amide bonds. The van der Waals surface area contributed by atoms with Crippen LogP contribution in [0.25, 0.3) is 11.0 Å². The summed E-state index contributed by atoms with van der Waals surface area (Å²) in [6.07, 6.45) is -2.33. The number of benzene rings is 1. The zero-order chi connectivity index (χ0) is 22.9. The number of aromatic nitrogens is 4. The summed E-state index contributed by atoms with van der Waals surface area (Å²) in [5.41, 5.74) is -1.46. The smallest absolute Gasteiger partial charge is 0.420 e. The van der Waals surface area contributed by atoms with Crippen LogP contribution < -0.4 is 10.3 Å². The van der Waals surface area contributed by atoms with E-state index in [1.807, 2.05) is 0 Å². The number of fused-ring (bicyclic) bond motifs is 1. The van der Waals surface area contributed by atoms with E-state index in [-0.39, 0.29) is 23.4 Å². The average Bonchev–Trinajstić information content (AvgIpc) is 3.18. The predicted octanol–water partition coefficient (Wildman–Crippen LogP) is 3.72. The molecule has 0 unspecified atom stereocenters. The number of alkyl halides is 3. The Kier molecular flexibility index (Phi) is 5.08. The molecule has 0 aliphatic heterocycles. The van der Waals surface area contributed by atoms with E-state index in [1.54, 1.807) is 24.3 Å². The standard InChI is InChI=1S/C21H11F3N6O2/c22-21(23,24)16-3-5-30(11-17-15-2-1-4-27-19(15)29-28-17)20(31)18(16)32-14-7-12(9-25)6-13(8-14)10-26/h1-8H,11H2,(H,27,28,29). The van der Waals surface area contributed by atoms with Crippen LogP contribution in [0.3, 0.4) is 0 Å². The Morgan fingerprint density at radius 1 is 1.12 bits per heavy atom. The lowest BCUT2D eigenvalue weighted by atomic mass is 10.1. The Morgan fingerprint density at radius 2 is 1.84 bits per heavy atom. The van der Waals surface area contributed by atoms with Gasteiger partial charge in [0.2, 0.25) is 5.75 Å². The maximum absolute atomic E-state index is 13.6. The van der Waals surface area contributed by atoms with Crippen molar-refractivity contribution in [3.63, 3.8) is 0 Å². The number of halogens is 3. The molecular formula is C21H11F3N6O2. The molecule has 4 rings (SSSR count). The number of H-pyrrole nitrogens is 1. The van der Waals surface area contributed by atoms with Crippen molar-refractivity contribution in [2.45, 2.75) is 12.7 Å². The van der Waals surface area contributed by atoms with Crippen molar-refractivity contribution < 1.29 is 17.9 Å². The first-order valence-corrected chi connectivity index (χ1v) is 9.02. The molecule has 11 heteroatoms. The summed E-state index contributed by atoms with van der Waals surface area (Å²) < 4.78 is 47.1. The molecule has 0 saturated carbocycles. The van der Waals surface area contributed by atoms with Crippen LogP contribution >= 0.6 is 0 Å². The number of pyridine rings is 2. The van der Waals surface area contributed by atoms with E-state index in [2.05, 4.69) is 15.2 Å². The number of ether oxygens (including phenoxy) is 1. The molecule has 0 fully saturated rings. The van der Waals surface area contributed by atoms with E-state index >= 15 is 0 Å². The molecule has 0 spiro atoms. The van der Waals surface area contributed by atoms with Crippen molar-refractivity contribution in [3.05, 3.63) is 81.5 Å². The molecule has 1 aromatic carbocycles. The highest BCUT2D eigenvalue weighted by Gasteiger charge is 2.36. The minimum atomic E-state index is -4.87. The maximum Gasteiger partial charge on any atom is 0.420 e. The molecule has 0 aliphatic carbocycles. The van der Waals surface area contributed by atoms with Gasteiger partial charge in [0.05, 0.1) is 35.5 Å². The number of nitriles is 2. The first kappa shape index (κ1) is 20.6. The number of aromatic amines is 1. The van der Waals surface area contributed by atoms with Crippen LogP contribution in [-0.2, 0) is 12.7 Å². The molecule has 4 aromatic rings. The van der Waals surface area contributed by atoms with Gasteiger partial charge >= 0.3 is 6.18 Å². The summed E-state index contributed by atoms with van der Waals surface area (Å²) in [4.78, 5) is 17.0. The van der Waals surface area contributed by atoms with Crippen molar-refractivity contribution in [3.8, 4) is 23.6 Å². The van der Waals surface area contributed by atoms with E-state index < -0.39 is 23.0 Å². The molecule has 158 valence electrons. The number of rotatable bonds is 4. The van der Waals surface area contributed by atoms with Crippen molar-refractivity contribution in [1.29, 1.82) is 10.5 Å². The van der Waals surface area contributed by atoms with E-state index in [0.29, 0.717) is 16.7 Å². The quantitative estimate of drug-likeness (QED) is 0.521. The average molecular weight is 436 g/mol. The van der Waals surface area contributed by atoms with Crippen LogP contribution in [0.15, 0.2) is 53.6 Å². The van der Waals surface area contributed by atoms with Crippen LogP contribution in [0.5, 0.6) is 11.5 Å². The van der Waals surface area contributed by atoms with Gasteiger partial charge in [0.15, 0.2) is 5.65 Å². The molecular weight excluding hydrogens is 425 g/mol. The highest BCUT2D eigenvalue weighted by molar-refractivity contribution is 5.77. The van der Waals surface area contributed by atoms with Gasteiger partial charge in [-0.25, -0.2) is 4.98 Å². The fourth-order valence-electron chi connectivity index (χ4n) is 3.10. The third kappa shape index (κ3) is 3.87. The second-order valence-electron chi connectivity index (χ2n) is 6.64. The molecule has 0 atom stereocenters. The Balaban J connectivity index is 1.81. The topological polar surface area (TPSA) is 120 Å². The van der Waals surface area contributed by atoms with Gasteiger partial charge in [-0.15, -0.1) is 0 Å². The molecule has 32 heavy (non-hydrogen) atoms. The van der Waals surface area contributed by atoms with Crippen molar-refractivity contribution in [2.24, 2.45) is 0 Å². The highest BCUT2D eigenvalue weighted by atomic mass is 19.4. The third-order valence-electron chi connectivity index (χ3n) is 4.55. The molecule has 3 heterocycles. The van der Waals surface area contributed by atoms with Gasteiger partial charge in [0.1, 0.15) is 11.3 Å². The van der Waals surface area contributed by atoms with Crippen molar-refractivity contribution >= 4 is 11.0 Å². The minimum Gasteiger partial charge on any atom is -0.451 e. The molecule has 0 radical (unpaired) electrons. The molecule has 8 nitrogen and oxygen atoms in total. The van der Waals surface area contributed by atoms with E-state index in [4.69, 9.17) is 15.3 Å². The lowest BCUT2D eigenvalue weighted by Crippen LogP contribution is -2.25.